The van der Waals surface area contributed by atoms with Gasteiger partial charge in [0.2, 0.25) is 5.91 Å². The van der Waals surface area contributed by atoms with Crippen LogP contribution >= 0.6 is 11.3 Å². The van der Waals surface area contributed by atoms with E-state index in [9.17, 15) is 9.59 Å². The second-order valence-electron chi connectivity index (χ2n) is 8.62. The number of nitrogens with zero attached hydrogens (tertiary/aromatic N) is 4. The Morgan fingerprint density at radius 2 is 1.91 bits per heavy atom. The van der Waals surface area contributed by atoms with E-state index in [0.29, 0.717) is 37.7 Å². The number of anilines is 1. The lowest BCUT2D eigenvalue weighted by Gasteiger charge is -2.31. The Kier molecular flexibility index (Phi) is 6.59. The van der Waals surface area contributed by atoms with E-state index >= 15 is 0 Å². The van der Waals surface area contributed by atoms with E-state index in [4.69, 9.17) is 10.5 Å². The molecule has 9 nitrogen and oxygen atoms in total. The van der Waals surface area contributed by atoms with E-state index < -0.39 is 5.91 Å². The number of thiazole rings is 1. The van der Waals surface area contributed by atoms with Gasteiger partial charge in [-0.15, -0.1) is 11.3 Å². The van der Waals surface area contributed by atoms with Gasteiger partial charge in [-0.25, -0.2) is 4.98 Å². The molecule has 2 saturated heterocycles. The Balaban J connectivity index is 1.55. The number of benzene rings is 1. The van der Waals surface area contributed by atoms with Crippen molar-refractivity contribution in [1.29, 1.82) is 0 Å². The summed E-state index contributed by atoms with van der Waals surface area (Å²) in [5.41, 5.74) is 9.66. The predicted octanol–water partition coefficient (Wildman–Crippen LogP) is 2.69. The molecule has 0 saturated carbocycles. The highest BCUT2D eigenvalue weighted by atomic mass is 32.1. The first-order valence-corrected chi connectivity index (χ1v) is 12.5. The molecule has 1 aromatic carbocycles. The number of aromatic amines is 1. The van der Waals surface area contributed by atoms with Crippen LogP contribution in [0.25, 0.3) is 21.0 Å². The number of piperidine rings is 1. The summed E-state index contributed by atoms with van der Waals surface area (Å²) in [5.74, 6) is -0.487. The molecule has 3 N–H and O–H groups in total. The van der Waals surface area contributed by atoms with Crippen LogP contribution in [-0.2, 0) is 16.0 Å². The van der Waals surface area contributed by atoms with Gasteiger partial charge >= 0.3 is 0 Å². The summed E-state index contributed by atoms with van der Waals surface area (Å²) >= 11 is 1.42. The van der Waals surface area contributed by atoms with E-state index in [1.807, 2.05) is 17.0 Å². The van der Waals surface area contributed by atoms with Gasteiger partial charge in [-0.3, -0.25) is 14.7 Å². The second-order valence-corrected chi connectivity index (χ2v) is 9.62. The van der Waals surface area contributed by atoms with E-state index in [-0.39, 0.29) is 11.6 Å². The molecule has 2 aliphatic heterocycles. The quantitative estimate of drug-likeness (QED) is 0.560. The van der Waals surface area contributed by atoms with Crippen molar-refractivity contribution in [2.45, 2.75) is 25.7 Å². The Morgan fingerprint density at radius 3 is 2.62 bits per heavy atom. The van der Waals surface area contributed by atoms with Crippen LogP contribution in [0.3, 0.4) is 0 Å². The molecule has 4 heterocycles. The van der Waals surface area contributed by atoms with Crippen LogP contribution in [0.5, 0.6) is 0 Å². The molecule has 0 aliphatic carbocycles. The number of hydrogen-bond donors (Lipinski definition) is 2. The molecule has 0 atom stereocenters. The zero-order chi connectivity index (χ0) is 23.5. The number of primary amides is 1. The van der Waals surface area contributed by atoms with Crippen molar-refractivity contribution in [2.75, 3.05) is 44.3 Å². The van der Waals surface area contributed by atoms with E-state index in [1.165, 1.54) is 17.8 Å². The largest absolute Gasteiger partial charge is 0.378 e. The van der Waals surface area contributed by atoms with Crippen LogP contribution in [-0.4, -0.2) is 71.3 Å². The Labute approximate surface area is 201 Å². The number of carbonyl (C=O) groups is 2. The first-order chi connectivity index (χ1) is 16.6. The fraction of sp³-hybridized carbons (Fsp3) is 0.417. The molecule has 5 rings (SSSR count). The number of carbonyl (C=O) groups excluding carboxylic acids is 2. The lowest BCUT2D eigenvalue weighted by atomic mass is 10.0. The Morgan fingerprint density at radius 1 is 1.12 bits per heavy atom. The minimum atomic E-state index is -0.569. The standard InChI is InChI=1S/C24H28N6O3S/c25-23(32)21-22(34-24(28-21)17-14-26-27-15-17)18-12-16(13-20(31)30-8-10-33-11-9-30)4-5-19(18)29-6-2-1-3-7-29/h4-5,12,14-15H,1-3,6-11,13H2,(H2,25,32)(H,26,27). The summed E-state index contributed by atoms with van der Waals surface area (Å²) in [5, 5.41) is 7.47. The molecule has 0 spiro atoms. The molecule has 0 unspecified atom stereocenters. The molecule has 2 aromatic heterocycles. The van der Waals surface area contributed by atoms with Crippen molar-refractivity contribution in [3.63, 3.8) is 0 Å². The third-order valence-corrected chi connectivity index (χ3v) is 7.46. The van der Waals surface area contributed by atoms with E-state index in [0.717, 1.165) is 53.2 Å². The number of hydrogen-bond acceptors (Lipinski definition) is 7. The topological polar surface area (TPSA) is 117 Å². The molecule has 10 heteroatoms. The maximum atomic E-state index is 12.9. The highest BCUT2D eigenvalue weighted by Gasteiger charge is 2.25. The number of nitrogens with one attached hydrogen (secondary N) is 1. The lowest BCUT2D eigenvalue weighted by molar-refractivity contribution is -0.134. The average molecular weight is 481 g/mol. The van der Waals surface area contributed by atoms with Gasteiger partial charge in [0.25, 0.3) is 5.91 Å². The zero-order valence-electron chi connectivity index (χ0n) is 19.0. The summed E-state index contributed by atoms with van der Waals surface area (Å²) in [7, 11) is 0. The molecule has 2 amide bonds. The number of amides is 2. The zero-order valence-corrected chi connectivity index (χ0v) is 19.8. The summed E-state index contributed by atoms with van der Waals surface area (Å²) in [6, 6.07) is 6.12. The fourth-order valence-electron chi connectivity index (χ4n) is 4.55. The molecular formula is C24H28N6O3S. The summed E-state index contributed by atoms with van der Waals surface area (Å²) in [6.07, 6.45) is 7.19. The fourth-order valence-corrected chi connectivity index (χ4v) is 5.62. The molecule has 0 radical (unpaired) electrons. The van der Waals surface area contributed by atoms with Gasteiger partial charge in [0.05, 0.1) is 30.7 Å². The van der Waals surface area contributed by atoms with Crippen LogP contribution in [0.4, 0.5) is 5.69 Å². The van der Waals surface area contributed by atoms with Crippen LogP contribution in [0.2, 0.25) is 0 Å². The first-order valence-electron chi connectivity index (χ1n) is 11.6. The Bertz CT molecular complexity index is 1160. The normalized spacial score (nSPS) is 16.6. The van der Waals surface area contributed by atoms with Crippen molar-refractivity contribution in [3.05, 3.63) is 41.9 Å². The summed E-state index contributed by atoms with van der Waals surface area (Å²) in [6.45, 7) is 4.30. The van der Waals surface area contributed by atoms with Crippen LogP contribution < -0.4 is 10.6 Å². The van der Waals surface area contributed by atoms with Gasteiger partial charge < -0.3 is 20.3 Å². The number of ether oxygens (including phenoxy) is 1. The van der Waals surface area contributed by atoms with E-state index in [2.05, 4.69) is 26.1 Å². The lowest BCUT2D eigenvalue weighted by Crippen LogP contribution is -2.41. The Hall–Kier alpha value is -3.24. The molecule has 0 bridgehead atoms. The van der Waals surface area contributed by atoms with Gasteiger partial charge in [0.15, 0.2) is 0 Å². The average Bonchev–Trinajstić information content (AvgIpc) is 3.55. The van der Waals surface area contributed by atoms with Gasteiger partial charge in [0.1, 0.15) is 10.7 Å². The number of H-pyrrole nitrogens is 1. The molecule has 2 aliphatic rings. The van der Waals surface area contributed by atoms with Gasteiger partial charge in [0, 0.05) is 49.2 Å². The monoisotopic (exact) mass is 480 g/mol. The summed E-state index contributed by atoms with van der Waals surface area (Å²) < 4.78 is 5.37. The molecule has 178 valence electrons. The molecular weight excluding hydrogens is 452 g/mol. The molecule has 3 aromatic rings. The first kappa shape index (κ1) is 22.5. The highest BCUT2D eigenvalue weighted by molar-refractivity contribution is 7.18. The van der Waals surface area contributed by atoms with Crippen LogP contribution in [0, 0.1) is 0 Å². The number of nitrogens with two attached hydrogens (primary N) is 1. The maximum Gasteiger partial charge on any atom is 0.268 e. The van der Waals surface area contributed by atoms with Crippen molar-refractivity contribution in [1.82, 2.24) is 20.1 Å². The van der Waals surface area contributed by atoms with Crippen molar-refractivity contribution < 1.29 is 14.3 Å². The SMILES string of the molecule is NC(=O)c1nc(-c2cn[nH]c2)sc1-c1cc(CC(=O)N2CCOCC2)ccc1N1CCCCC1. The van der Waals surface area contributed by atoms with Gasteiger partial charge in [-0.05, 0) is 37.0 Å². The van der Waals surface area contributed by atoms with Crippen molar-refractivity contribution >= 4 is 28.8 Å². The predicted molar refractivity (Wildman–Crippen MR) is 131 cm³/mol. The maximum absolute atomic E-state index is 12.9. The van der Waals surface area contributed by atoms with Gasteiger partial charge in [-0.1, -0.05) is 6.07 Å². The van der Waals surface area contributed by atoms with Crippen molar-refractivity contribution in [2.24, 2.45) is 5.73 Å². The number of rotatable bonds is 6. The second kappa shape index (κ2) is 9.94. The highest BCUT2D eigenvalue weighted by Crippen LogP contribution is 2.41. The van der Waals surface area contributed by atoms with Crippen molar-refractivity contribution in [3.8, 4) is 21.0 Å². The van der Waals surface area contributed by atoms with Crippen LogP contribution in [0.1, 0.15) is 35.3 Å². The number of aromatic nitrogens is 3. The molecule has 2 fully saturated rings. The van der Waals surface area contributed by atoms with E-state index in [1.54, 1.807) is 12.4 Å². The third kappa shape index (κ3) is 4.69. The summed E-state index contributed by atoms with van der Waals surface area (Å²) in [4.78, 5) is 34.8. The minimum Gasteiger partial charge on any atom is -0.378 e. The molecule has 34 heavy (non-hydrogen) atoms. The number of morpholine rings is 1. The minimum absolute atomic E-state index is 0.0819. The smallest absolute Gasteiger partial charge is 0.268 e. The van der Waals surface area contributed by atoms with Gasteiger partial charge in [-0.2, -0.15) is 5.10 Å². The third-order valence-electron chi connectivity index (χ3n) is 6.33. The van der Waals surface area contributed by atoms with Crippen LogP contribution in [0.15, 0.2) is 30.6 Å².